The number of hydrogen-bond acceptors (Lipinski definition) is 3. The van der Waals surface area contributed by atoms with Crippen molar-refractivity contribution in [2.45, 2.75) is 31.3 Å². The van der Waals surface area contributed by atoms with E-state index in [1.807, 2.05) is 26.0 Å². The summed E-state index contributed by atoms with van der Waals surface area (Å²) in [6.07, 6.45) is 2.44. The summed E-state index contributed by atoms with van der Waals surface area (Å²) in [6, 6.07) is 3.79. The third kappa shape index (κ3) is 1.86. The molecule has 2 aliphatic rings. The largest absolute Gasteiger partial charge is 0.477 e. The second-order valence-corrected chi connectivity index (χ2v) is 6.60. The number of amides is 1. The Bertz CT molecular complexity index is 592. The lowest BCUT2D eigenvalue weighted by atomic mass is 9.79. The van der Waals surface area contributed by atoms with Crippen LogP contribution < -0.4 is 0 Å². The van der Waals surface area contributed by atoms with E-state index in [0.717, 1.165) is 9.93 Å². The summed E-state index contributed by atoms with van der Waals surface area (Å²) in [5.74, 6) is -0.874. The van der Waals surface area contributed by atoms with Crippen molar-refractivity contribution >= 4 is 23.6 Å². The number of H-pyrrole nitrogens is 1. The number of aromatic amines is 1. The number of carboxylic acid groups (broad SMARTS) is 1. The molecule has 0 spiro atoms. The Labute approximate surface area is 121 Å². The van der Waals surface area contributed by atoms with Crippen LogP contribution in [0.4, 0.5) is 0 Å². The van der Waals surface area contributed by atoms with Crippen molar-refractivity contribution in [2.24, 2.45) is 11.8 Å². The van der Waals surface area contributed by atoms with Gasteiger partial charge in [-0.25, -0.2) is 4.79 Å². The van der Waals surface area contributed by atoms with Gasteiger partial charge in [-0.1, -0.05) is 25.6 Å². The molecule has 0 radical (unpaired) electrons. The second-order valence-electron chi connectivity index (χ2n) is 5.46. The molecular formula is C14H16N2O3S. The molecule has 0 saturated carbocycles. The van der Waals surface area contributed by atoms with Gasteiger partial charge in [0.1, 0.15) is 5.70 Å². The molecule has 1 saturated heterocycles. The lowest BCUT2D eigenvalue weighted by Gasteiger charge is -2.45. The van der Waals surface area contributed by atoms with E-state index in [-0.39, 0.29) is 29.5 Å². The fourth-order valence-electron chi connectivity index (χ4n) is 3.03. The van der Waals surface area contributed by atoms with Crippen molar-refractivity contribution in [3.63, 3.8) is 0 Å². The molecule has 2 N–H and O–H groups in total. The molecule has 2 unspecified atom stereocenters. The fraction of sp³-hybridized carbons (Fsp3) is 0.429. The number of aliphatic carboxylic acids is 1. The van der Waals surface area contributed by atoms with Gasteiger partial charge in [0.15, 0.2) is 0 Å². The van der Waals surface area contributed by atoms with Gasteiger partial charge in [-0.2, -0.15) is 0 Å². The van der Waals surface area contributed by atoms with Crippen molar-refractivity contribution in [2.75, 3.05) is 0 Å². The maximum atomic E-state index is 12.2. The molecule has 106 valence electrons. The summed E-state index contributed by atoms with van der Waals surface area (Å²) in [4.78, 5) is 28.9. The van der Waals surface area contributed by atoms with Crippen LogP contribution in [0, 0.1) is 11.8 Å². The average Bonchev–Trinajstić information content (AvgIpc) is 2.95. The molecular weight excluding hydrogens is 276 g/mol. The lowest BCUT2D eigenvalue weighted by Crippen LogP contribution is -2.60. The Morgan fingerprint density at radius 1 is 1.55 bits per heavy atom. The fourth-order valence-corrected chi connectivity index (χ4v) is 4.11. The number of carbonyl (C=O) groups excluding carboxylic acids is 1. The number of carboxylic acids is 1. The van der Waals surface area contributed by atoms with Crippen LogP contribution in [0.3, 0.4) is 0 Å². The predicted octanol–water partition coefficient (Wildman–Crippen LogP) is 2.29. The summed E-state index contributed by atoms with van der Waals surface area (Å²) in [5, 5.41) is 10.3. The van der Waals surface area contributed by atoms with Crippen LogP contribution >= 0.6 is 11.8 Å². The molecule has 1 amide bonds. The molecule has 5 nitrogen and oxygen atoms in total. The number of hydrogen-bond donors (Lipinski definition) is 2. The van der Waals surface area contributed by atoms with Gasteiger partial charge in [-0.15, -0.1) is 0 Å². The first kappa shape index (κ1) is 13.3. The van der Waals surface area contributed by atoms with Gasteiger partial charge in [0, 0.05) is 17.5 Å². The number of carbonyl (C=O) groups is 2. The number of nitrogens with one attached hydrogen (secondary N) is 1. The van der Waals surface area contributed by atoms with Crippen molar-refractivity contribution in [1.29, 1.82) is 0 Å². The smallest absolute Gasteiger partial charge is 0.353 e. The molecule has 1 aromatic rings. The average molecular weight is 292 g/mol. The maximum Gasteiger partial charge on any atom is 0.353 e. The maximum absolute atomic E-state index is 12.2. The predicted molar refractivity (Wildman–Crippen MR) is 74.9 cm³/mol. The van der Waals surface area contributed by atoms with Gasteiger partial charge in [0.2, 0.25) is 5.91 Å². The SMILES string of the molecule is CC(C)C1C(=O)N2C(C(=O)O)=C(Sc3ccc[nH]3)CC12. The first-order valence-corrected chi connectivity index (χ1v) is 7.43. The summed E-state index contributed by atoms with van der Waals surface area (Å²) >= 11 is 1.41. The summed E-state index contributed by atoms with van der Waals surface area (Å²) in [5.41, 5.74) is 0.163. The second kappa shape index (κ2) is 4.70. The number of rotatable bonds is 4. The normalized spacial score (nSPS) is 25.1. The minimum absolute atomic E-state index is 0.0195. The minimum Gasteiger partial charge on any atom is -0.477 e. The zero-order valence-electron chi connectivity index (χ0n) is 11.3. The highest BCUT2D eigenvalue weighted by atomic mass is 32.2. The minimum atomic E-state index is -1.02. The van der Waals surface area contributed by atoms with Gasteiger partial charge in [0.05, 0.1) is 17.0 Å². The third-order valence-electron chi connectivity index (χ3n) is 3.89. The van der Waals surface area contributed by atoms with Crippen LogP contribution in [0.25, 0.3) is 0 Å². The van der Waals surface area contributed by atoms with Crippen LogP contribution in [-0.2, 0) is 9.59 Å². The Kier molecular flexibility index (Phi) is 3.12. The first-order chi connectivity index (χ1) is 9.50. The highest BCUT2D eigenvalue weighted by Gasteiger charge is 2.56. The number of thioether (sulfide) groups is 1. The molecule has 1 aromatic heterocycles. The van der Waals surface area contributed by atoms with Crippen LogP contribution in [-0.4, -0.2) is 32.9 Å². The van der Waals surface area contributed by atoms with E-state index in [9.17, 15) is 14.7 Å². The number of fused-ring (bicyclic) bond motifs is 1. The quantitative estimate of drug-likeness (QED) is 0.835. The molecule has 1 fully saturated rings. The molecule has 2 aliphatic heterocycles. The zero-order chi connectivity index (χ0) is 14.4. The Morgan fingerprint density at radius 3 is 2.85 bits per heavy atom. The standard InChI is InChI=1S/C14H16N2O3S/c1-7(2)11-8-6-9(20-10-4-3-5-15-10)12(14(18)19)16(8)13(11)17/h3-5,7-8,11,15H,6H2,1-2H3,(H,18,19). The summed E-state index contributed by atoms with van der Waals surface area (Å²) in [7, 11) is 0. The number of β-lactam (4-membered cyclic amide) rings is 1. The topological polar surface area (TPSA) is 73.4 Å². The number of nitrogens with zero attached hydrogens (tertiary/aromatic N) is 1. The van der Waals surface area contributed by atoms with Crippen LogP contribution in [0.1, 0.15) is 20.3 Å². The molecule has 0 bridgehead atoms. The van der Waals surface area contributed by atoms with Gasteiger partial charge >= 0.3 is 5.97 Å². The Morgan fingerprint density at radius 2 is 2.30 bits per heavy atom. The van der Waals surface area contributed by atoms with Crippen LogP contribution in [0.2, 0.25) is 0 Å². The van der Waals surface area contributed by atoms with Crippen LogP contribution in [0.15, 0.2) is 34.0 Å². The van der Waals surface area contributed by atoms with E-state index >= 15 is 0 Å². The summed E-state index contributed by atoms with van der Waals surface area (Å²) < 4.78 is 0. The molecule has 3 rings (SSSR count). The molecule has 0 aromatic carbocycles. The molecule has 2 atom stereocenters. The molecule has 0 aliphatic carbocycles. The van der Waals surface area contributed by atoms with E-state index in [4.69, 9.17) is 0 Å². The van der Waals surface area contributed by atoms with Gasteiger partial charge in [0.25, 0.3) is 0 Å². The third-order valence-corrected chi connectivity index (χ3v) is 4.97. The van der Waals surface area contributed by atoms with Crippen molar-refractivity contribution in [3.05, 3.63) is 28.9 Å². The van der Waals surface area contributed by atoms with Gasteiger partial charge in [-0.05, 0) is 18.1 Å². The van der Waals surface area contributed by atoms with Crippen molar-refractivity contribution in [3.8, 4) is 0 Å². The molecule has 20 heavy (non-hydrogen) atoms. The highest BCUT2D eigenvalue weighted by molar-refractivity contribution is 8.03. The van der Waals surface area contributed by atoms with Crippen molar-refractivity contribution in [1.82, 2.24) is 9.88 Å². The Balaban J connectivity index is 1.89. The van der Waals surface area contributed by atoms with Gasteiger partial charge < -0.3 is 15.0 Å². The van der Waals surface area contributed by atoms with E-state index in [2.05, 4.69) is 4.98 Å². The first-order valence-electron chi connectivity index (χ1n) is 6.61. The zero-order valence-corrected chi connectivity index (χ0v) is 12.1. The number of aromatic nitrogens is 1. The van der Waals surface area contributed by atoms with E-state index in [1.165, 1.54) is 16.7 Å². The van der Waals surface area contributed by atoms with E-state index < -0.39 is 5.97 Å². The monoisotopic (exact) mass is 292 g/mol. The van der Waals surface area contributed by atoms with Crippen LogP contribution in [0.5, 0.6) is 0 Å². The lowest BCUT2D eigenvalue weighted by molar-refractivity contribution is -0.157. The highest BCUT2D eigenvalue weighted by Crippen LogP contribution is 2.49. The van der Waals surface area contributed by atoms with Gasteiger partial charge in [-0.3, -0.25) is 4.79 Å². The molecule has 3 heterocycles. The Hall–Kier alpha value is -1.69. The van der Waals surface area contributed by atoms with E-state index in [1.54, 1.807) is 6.20 Å². The summed E-state index contributed by atoms with van der Waals surface area (Å²) in [6.45, 7) is 4.02. The van der Waals surface area contributed by atoms with Crippen molar-refractivity contribution < 1.29 is 14.7 Å². The molecule has 6 heteroatoms. The van der Waals surface area contributed by atoms with E-state index in [0.29, 0.717) is 6.42 Å².